The third-order valence-electron chi connectivity index (χ3n) is 2.49. The normalized spacial score (nSPS) is 11.1. The maximum atomic E-state index is 5.71. The predicted octanol–water partition coefficient (Wildman–Crippen LogP) is 2.94. The van der Waals surface area contributed by atoms with E-state index in [0.717, 1.165) is 21.8 Å². The summed E-state index contributed by atoms with van der Waals surface area (Å²) < 4.78 is 6.71. The van der Waals surface area contributed by atoms with Crippen molar-refractivity contribution in [2.75, 3.05) is 27.2 Å². The monoisotopic (exact) mass is 294 g/mol. The minimum absolute atomic E-state index is 0.644. The van der Waals surface area contributed by atoms with Crippen molar-refractivity contribution in [2.24, 2.45) is 0 Å². The zero-order valence-corrected chi connectivity index (χ0v) is 11.6. The number of hydrogen-bond acceptors (Lipinski definition) is 3. The van der Waals surface area contributed by atoms with Gasteiger partial charge in [0.15, 0.2) is 0 Å². The highest BCUT2D eigenvalue weighted by Crippen LogP contribution is 2.28. The molecule has 0 unspecified atom stereocenters. The Morgan fingerprint density at radius 3 is 2.65 bits per heavy atom. The minimum Gasteiger partial charge on any atom is -0.476 e. The van der Waals surface area contributed by atoms with Gasteiger partial charge in [-0.25, -0.2) is 4.98 Å². The molecule has 0 N–H and O–H groups in total. The summed E-state index contributed by atoms with van der Waals surface area (Å²) in [6.07, 6.45) is 1.79. The molecule has 0 aliphatic rings. The number of likely N-dealkylation sites (N-methyl/N-ethyl adjacent to an activating group) is 1. The van der Waals surface area contributed by atoms with E-state index in [0.29, 0.717) is 12.5 Å². The van der Waals surface area contributed by atoms with Crippen molar-refractivity contribution < 1.29 is 4.74 Å². The van der Waals surface area contributed by atoms with Gasteiger partial charge >= 0.3 is 0 Å². The van der Waals surface area contributed by atoms with E-state index in [1.54, 1.807) is 6.20 Å². The second kappa shape index (κ2) is 5.47. The fraction of sp³-hybridized carbons (Fsp3) is 0.308. The van der Waals surface area contributed by atoms with Crippen LogP contribution < -0.4 is 4.74 Å². The molecule has 17 heavy (non-hydrogen) atoms. The van der Waals surface area contributed by atoms with E-state index in [2.05, 4.69) is 31.9 Å². The van der Waals surface area contributed by atoms with Crippen LogP contribution in [0.15, 0.2) is 34.9 Å². The Morgan fingerprint density at radius 1 is 1.24 bits per heavy atom. The smallest absolute Gasteiger partial charge is 0.221 e. The lowest BCUT2D eigenvalue weighted by atomic mass is 10.2. The number of fused-ring (bicyclic) bond motifs is 1. The average molecular weight is 295 g/mol. The lowest BCUT2D eigenvalue weighted by molar-refractivity contribution is 0.256. The molecule has 0 radical (unpaired) electrons. The molecule has 2 aromatic rings. The van der Waals surface area contributed by atoms with Crippen LogP contribution in [-0.2, 0) is 0 Å². The van der Waals surface area contributed by atoms with Crippen LogP contribution in [0, 0.1) is 0 Å². The van der Waals surface area contributed by atoms with Gasteiger partial charge in [-0.05, 0) is 36.1 Å². The van der Waals surface area contributed by atoms with Crippen LogP contribution in [0.5, 0.6) is 5.88 Å². The van der Waals surface area contributed by atoms with Gasteiger partial charge < -0.3 is 9.64 Å². The summed E-state index contributed by atoms with van der Waals surface area (Å²) in [5.74, 6) is 0.700. The molecule has 90 valence electrons. The Labute approximate surface area is 110 Å². The summed E-state index contributed by atoms with van der Waals surface area (Å²) in [7, 11) is 4.05. The topological polar surface area (TPSA) is 25.4 Å². The lowest BCUT2D eigenvalue weighted by Gasteiger charge is -2.12. The zero-order valence-electron chi connectivity index (χ0n) is 9.98. The van der Waals surface area contributed by atoms with E-state index in [-0.39, 0.29) is 0 Å². The van der Waals surface area contributed by atoms with Crippen LogP contribution in [0.4, 0.5) is 0 Å². The second-order valence-corrected chi connectivity index (χ2v) is 4.96. The van der Waals surface area contributed by atoms with E-state index in [9.17, 15) is 0 Å². The third-order valence-corrected chi connectivity index (χ3v) is 3.12. The van der Waals surface area contributed by atoms with E-state index in [1.165, 1.54) is 0 Å². The predicted molar refractivity (Wildman–Crippen MR) is 73.5 cm³/mol. The minimum atomic E-state index is 0.644. The largest absolute Gasteiger partial charge is 0.476 e. The highest BCUT2D eigenvalue weighted by atomic mass is 79.9. The van der Waals surface area contributed by atoms with Crippen LogP contribution in [0.1, 0.15) is 0 Å². The highest BCUT2D eigenvalue weighted by Gasteiger charge is 2.06. The van der Waals surface area contributed by atoms with Gasteiger partial charge in [0.2, 0.25) is 5.88 Å². The van der Waals surface area contributed by atoms with Crippen LogP contribution in [-0.4, -0.2) is 37.1 Å². The third kappa shape index (κ3) is 2.96. The van der Waals surface area contributed by atoms with Gasteiger partial charge in [0.25, 0.3) is 0 Å². The van der Waals surface area contributed by atoms with Crippen LogP contribution in [0.3, 0.4) is 0 Å². The van der Waals surface area contributed by atoms with Crippen LogP contribution >= 0.6 is 15.9 Å². The van der Waals surface area contributed by atoms with Gasteiger partial charge in [-0.2, -0.15) is 0 Å². The molecule has 3 nitrogen and oxygen atoms in total. The number of rotatable bonds is 4. The quantitative estimate of drug-likeness (QED) is 0.867. The SMILES string of the molecule is CN(C)CCOc1ncc(Br)c2ccccc12. The summed E-state index contributed by atoms with van der Waals surface area (Å²) in [6.45, 7) is 1.53. The first-order valence-corrected chi connectivity index (χ1v) is 6.28. The van der Waals surface area contributed by atoms with Crippen molar-refractivity contribution in [3.63, 3.8) is 0 Å². The summed E-state index contributed by atoms with van der Waals surface area (Å²) in [6, 6.07) is 8.09. The maximum absolute atomic E-state index is 5.71. The molecule has 0 fully saturated rings. The van der Waals surface area contributed by atoms with Gasteiger partial charge in [-0.1, -0.05) is 18.2 Å². The first-order chi connectivity index (χ1) is 8.18. The van der Waals surface area contributed by atoms with Crippen molar-refractivity contribution in [2.45, 2.75) is 0 Å². The molecular weight excluding hydrogens is 280 g/mol. The van der Waals surface area contributed by atoms with E-state index in [1.807, 2.05) is 32.3 Å². The van der Waals surface area contributed by atoms with Gasteiger partial charge in [-0.3, -0.25) is 0 Å². The van der Waals surface area contributed by atoms with Gasteiger partial charge in [0, 0.05) is 28.0 Å². The summed E-state index contributed by atoms with van der Waals surface area (Å²) >= 11 is 3.50. The van der Waals surface area contributed by atoms with Crippen molar-refractivity contribution in [3.8, 4) is 5.88 Å². The first kappa shape index (κ1) is 12.3. The zero-order chi connectivity index (χ0) is 12.3. The molecule has 0 atom stereocenters. The molecule has 1 aromatic heterocycles. The maximum Gasteiger partial charge on any atom is 0.221 e. The van der Waals surface area contributed by atoms with E-state index < -0.39 is 0 Å². The van der Waals surface area contributed by atoms with Crippen molar-refractivity contribution in [1.82, 2.24) is 9.88 Å². The fourth-order valence-electron chi connectivity index (χ4n) is 1.57. The number of halogens is 1. The molecule has 1 heterocycles. The van der Waals surface area contributed by atoms with Crippen molar-refractivity contribution in [3.05, 3.63) is 34.9 Å². The first-order valence-electron chi connectivity index (χ1n) is 5.49. The molecule has 0 saturated carbocycles. The Bertz CT molecular complexity index is 514. The van der Waals surface area contributed by atoms with Crippen molar-refractivity contribution >= 4 is 26.7 Å². The number of nitrogens with zero attached hydrogens (tertiary/aromatic N) is 2. The number of ether oxygens (including phenoxy) is 1. The van der Waals surface area contributed by atoms with Crippen molar-refractivity contribution in [1.29, 1.82) is 0 Å². The molecule has 0 aliphatic heterocycles. The standard InChI is InChI=1S/C13H15BrN2O/c1-16(2)7-8-17-13-11-6-4-3-5-10(11)12(14)9-15-13/h3-6,9H,7-8H2,1-2H3. The van der Waals surface area contributed by atoms with Gasteiger partial charge in [0.05, 0.1) is 0 Å². The Balaban J connectivity index is 2.26. The molecule has 0 aliphatic carbocycles. The van der Waals surface area contributed by atoms with E-state index >= 15 is 0 Å². The molecule has 0 saturated heterocycles. The summed E-state index contributed by atoms with van der Waals surface area (Å²) in [5.41, 5.74) is 0. The molecule has 0 bridgehead atoms. The fourth-order valence-corrected chi connectivity index (χ4v) is 2.02. The highest BCUT2D eigenvalue weighted by molar-refractivity contribution is 9.10. The number of aromatic nitrogens is 1. The Hall–Kier alpha value is -1.13. The lowest BCUT2D eigenvalue weighted by Crippen LogP contribution is -2.19. The molecule has 0 amide bonds. The van der Waals surface area contributed by atoms with E-state index in [4.69, 9.17) is 4.74 Å². The van der Waals surface area contributed by atoms with Gasteiger partial charge in [-0.15, -0.1) is 0 Å². The van der Waals surface area contributed by atoms with Crippen LogP contribution in [0.2, 0.25) is 0 Å². The Kier molecular flexibility index (Phi) is 3.97. The summed E-state index contributed by atoms with van der Waals surface area (Å²) in [5, 5.41) is 2.17. The Morgan fingerprint density at radius 2 is 1.94 bits per heavy atom. The number of benzene rings is 1. The molecular formula is C13H15BrN2O. The van der Waals surface area contributed by atoms with Crippen LogP contribution in [0.25, 0.3) is 10.8 Å². The molecule has 1 aromatic carbocycles. The van der Waals surface area contributed by atoms with Gasteiger partial charge in [0.1, 0.15) is 6.61 Å². The summed E-state index contributed by atoms with van der Waals surface area (Å²) in [4.78, 5) is 6.40. The number of hydrogen-bond donors (Lipinski definition) is 0. The molecule has 2 rings (SSSR count). The second-order valence-electron chi connectivity index (χ2n) is 4.11. The number of pyridine rings is 1. The molecule has 0 spiro atoms. The average Bonchev–Trinajstić information content (AvgIpc) is 2.32. The molecule has 4 heteroatoms.